The first-order valence-corrected chi connectivity index (χ1v) is 16.9. The molecule has 0 saturated heterocycles. The van der Waals surface area contributed by atoms with Crippen molar-refractivity contribution in [2.75, 3.05) is 13.2 Å². The number of aliphatic hydroxyl groups excluding tert-OH is 1. The molecular weight excluding hydrogens is 604 g/mol. The maximum absolute atomic E-state index is 13.6. The number of rotatable bonds is 11. The van der Waals surface area contributed by atoms with Crippen LogP contribution in [0.2, 0.25) is 0 Å². The molecule has 0 saturated carbocycles. The van der Waals surface area contributed by atoms with Gasteiger partial charge in [-0.1, -0.05) is 106 Å². The summed E-state index contributed by atoms with van der Waals surface area (Å²) in [6.07, 6.45) is 6.53. The smallest absolute Gasteiger partial charge is 0.309 e. The molecule has 0 aromatic heterocycles. The molecule has 0 fully saturated rings. The van der Waals surface area contributed by atoms with Crippen LogP contribution < -0.4 is 15.4 Å². The van der Waals surface area contributed by atoms with Crippen molar-refractivity contribution < 1.29 is 29.0 Å². The van der Waals surface area contributed by atoms with Crippen LogP contribution in [0.4, 0.5) is 0 Å². The lowest BCUT2D eigenvalue weighted by Gasteiger charge is -2.32. The fourth-order valence-electron chi connectivity index (χ4n) is 5.66. The minimum Gasteiger partial charge on any atom is -0.489 e. The number of ether oxygens (including phenoxy) is 2. The quantitative estimate of drug-likeness (QED) is 0.174. The monoisotopic (exact) mass is 654 g/mol. The van der Waals surface area contributed by atoms with Gasteiger partial charge in [0.25, 0.3) is 0 Å². The fraction of sp³-hybridized carbons (Fsp3) is 0.425. The van der Waals surface area contributed by atoms with E-state index in [4.69, 9.17) is 9.47 Å². The van der Waals surface area contributed by atoms with Gasteiger partial charge in [-0.15, -0.1) is 0 Å². The molecule has 8 nitrogen and oxygen atoms in total. The lowest BCUT2D eigenvalue weighted by atomic mass is 9.86. The highest BCUT2D eigenvalue weighted by Crippen LogP contribution is 2.24. The van der Waals surface area contributed by atoms with Crippen LogP contribution in [0, 0.1) is 17.3 Å². The molecule has 256 valence electrons. The second-order valence-corrected chi connectivity index (χ2v) is 13.7. The van der Waals surface area contributed by atoms with Crippen LogP contribution in [0.5, 0.6) is 5.75 Å². The lowest BCUT2D eigenvalue weighted by molar-refractivity contribution is -0.151. The first-order chi connectivity index (χ1) is 23.1. The van der Waals surface area contributed by atoms with Gasteiger partial charge >= 0.3 is 5.97 Å². The summed E-state index contributed by atoms with van der Waals surface area (Å²) < 4.78 is 11.7. The van der Waals surface area contributed by atoms with Crippen molar-refractivity contribution in [2.24, 2.45) is 17.3 Å². The molecule has 4 rings (SSSR count). The summed E-state index contributed by atoms with van der Waals surface area (Å²) in [5, 5.41) is 16.1. The maximum Gasteiger partial charge on any atom is 0.309 e. The number of esters is 1. The first-order valence-electron chi connectivity index (χ1n) is 16.9. The summed E-state index contributed by atoms with van der Waals surface area (Å²) in [4.78, 5) is 40.0. The second kappa shape index (κ2) is 18.2. The van der Waals surface area contributed by atoms with Gasteiger partial charge in [0.2, 0.25) is 11.8 Å². The number of benzene rings is 3. The zero-order valence-electron chi connectivity index (χ0n) is 28.4. The van der Waals surface area contributed by atoms with E-state index in [9.17, 15) is 19.5 Å². The Kier molecular flexibility index (Phi) is 13.8. The summed E-state index contributed by atoms with van der Waals surface area (Å²) in [7, 11) is 0. The average molecular weight is 655 g/mol. The van der Waals surface area contributed by atoms with Crippen LogP contribution >= 0.6 is 0 Å². The minimum absolute atomic E-state index is 0.0355. The third kappa shape index (κ3) is 12.0. The lowest BCUT2D eigenvalue weighted by Crippen LogP contribution is -2.50. The number of carbonyl (C=O) groups is 3. The number of carbonyl (C=O) groups excluding carboxylic acids is 3. The predicted octanol–water partition coefficient (Wildman–Crippen LogP) is 5.96. The third-order valence-corrected chi connectivity index (χ3v) is 8.72. The number of cyclic esters (lactones) is 1. The summed E-state index contributed by atoms with van der Waals surface area (Å²) in [5.41, 5.74) is 2.70. The van der Waals surface area contributed by atoms with E-state index in [2.05, 4.69) is 10.6 Å². The van der Waals surface area contributed by atoms with Gasteiger partial charge in [-0.25, -0.2) is 0 Å². The van der Waals surface area contributed by atoms with Crippen LogP contribution in [0.25, 0.3) is 0 Å². The Morgan fingerprint density at radius 1 is 0.917 bits per heavy atom. The van der Waals surface area contributed by atoms with Crippen LogP contribution in [0.3, 0.4) is 0 Å². The highest BCUT2D eigenvalue weighted by atomic mass is 16.5. The molecule has 0 unspecified atom stereocenters. The number of aliphatic hydroxyl groups is 1. The first kappa shape index (κ1) is 36.4. The van der Waals surface area contributed by atoms with E-state index >= 15 is 0 Å². The van der Waals surface area contributed by atoms with Crippen molar-refractivity contribution in [1.29, 1.82) is 0 Å². The average Bonchev–Trinajstić information content (AvgIpc) is 3.09. The number of nitrogens with one attached hydrogen (secondary N) is 2. The molecule has 4 atom stereocenters. The van der Waals surface area contributed by atoms with Gasteiger partial charge < -0.3 is 25.2 Å². The number of allylic oxidation sites excluding steroid dienone is 2. The molecule has 3 aromatic rings. The van der Waals surface area contributed by atoms with Gasteiger partial charge in [0.1, 0.15) is 19.0 Å². The Bertz CT molecular complexity index is 1470. The summed E-state index contributed by atoms with van der Waals surface area (Å²) in [6, 6.07) is 26.5. The Balaban J connectivity index is 1.36. The van der Waals surface area contributed by atoms with Crippen molar-refractivity contribution >= 4 is 17.8 Å². The van der Waals surface area contributed by atoms with Gasteiger partial charge in [0, 0.05) is 6.42 Å². The largest absolute Gasteiger partial charge is 0.489 e. The van der Waals surface area contributed by atoms with E-state index in [1.165, 1.54) is 0 Å². The molecular formula is C40H50N2O6. The predicted molar refractivity (Wildman–Crippen MR) is 187 cm³/mol. The minimum atomic E-state index is -0.622. The summed E-state index contributed by atoms with van der Waals surface area (Å²) >= 11 is 0. The van der Waals surface area contributed by atoms with Crippen LogP contribution in [-0.2, 0) is 38.6 Å². The zero-order valence-corrected chi connectivity index (χ0v) is 28.4. The molecule has 1 aliphatic heterocycles. The Hall–Kier alpha value is -4.43. The van der Waals surface area contributed by atoms with Gasteiger partial charge in [-0.3, -0.25) is 14.4 Å². The van der Waals surface area contributed by atoms with Gasteiger partial charge in [-0.05, 0) is 66.3 Å². The van der Waals surface area contributed by atoms with Crippen molar-refractivity contribution in [1.82, 2.24) is 10.6 Å². The van der Waals surface area contributed by atoms with Crippen molar-refractivity contribution in [3.8, 4) is 5.75 Å². The Morgan fingerprint density at radius 3 is 2.23 bits per heavy atom. The molecule has 8 heteroatoms. The molecule has 0 spiro atoms. The van der Waals surface area contributed by atoms with E-state index in [0.29, 0.717) is 38.7 Å². The Morgan fingerprint density at radius 2 is 1.58 bits per heavy atom. The molecule has 3 N–H and O–H groups in total. The Labute approximate surface area is 284 Å². The summed E-state index contributed by atoms with van der Waals surface area (Å²) in [6.45, 7) is 6.24. The highest BCUT2D eigenvalue weighted by molar-refractivity contribution is 5.86. The van der Waals surface area contributed by atoms with Crippen LogP contribution in [0.15, 0.2) is 97.1 Å². The molecule has 2 amide bonds. The molecule has 0 bridgehead atoms. The van der Waals surface area contributed by atoms with Gasteiger partial charge in [0.05, 0.1) is 30.5 Å². The van der Waals surface area contributed by atoms with Crippen molar-refractivity contribution in [2.45, 2.75) is 78.0 Å². The molecule has 1 heterocycles. The maximum atomic E-state index is 13.6. The standard InChI is InChI=1S/C40H50N2O6/c1-40(2,3)36-28-48-39(46)33(23-29-13-7-4-8-14-29)18-12-6-11-17-32(38(45)42-36)25-37(44)41-34(26-43)24-30-19-21-35(22-20-30)47-27-31-15-9-5-10-16-31/h4-11,13-16,19-22,32-34,36,43H,12,17-18,23-28H2,1-3H3,(H,41,44)(H,42,45)/t32-,33-,34+,36-/m1/s1. The molecule has 1 aliphatic rings. The summed E-state index contributed by atoms with van der Waals surface area (Å²) in [5.74, 6) is -1.03. The number of hydrogen-bond acceptors (Lipinski definition) is 6. The van der Waals surface area contributed by atoms with Crippen LogP contribution in [-0.4, -0.2) is 48.2 Å². The third-order valence-electron chi connectivity index (χ3n) is 8.72. The normalized spacial score (nSPS) is 19.9. The number of amides is 2. The van der Waals surface area contributed by atoms with Crippen LogP contribution in [0.1, 0.15) is 63.1 Å². The van der Waals surface area contributed by atoms with E-state index in [1.54, 1.807) is 0 Å². The molecule has 3 aromatic carbocycles. The molecule has 48 heavy (non-hydrogen) atoms. The van der Waals surface area contributed by atoms with E-state index in [0.717, 1.165) is 22.4 Å². The highest BCUT2D eigenvalue weighted by Gasteiger charge is 2.32. The second-order valence-electron chi connectivity index (χ2n) is 13.7. The molecule has 0 aliphatic carbocycles. The molecule has 0 radical (unpaired) electrons. The van der Waals surface area contributed by atoms with Crippen molar-refractivity contribution in [3.63, 3.8) is 0 Å². The van der Waals surface area contributed by atoms with Gasteiger partial charge in [-0.2, -0.15) is 0 Å². The SMILES string of the molecule is CC(C)(C)[C@H]1COC(=O)[C@@H](Cc2ccccc2)CCC=CC[C@H](CC(=O)N[C@H](CO)Cc2ccc(OCc3ccccc3)cc2)C(=O)N1. The van der Waals surface area contributed by atoms with Crippen molar-refractivity contribution in [3.05, 3.63) is 114 Å². The fourth-order valence-corrected chi connectivity index (χ4v) is 5.66. The zero-order chi connectivity index (χ0) is 34.4. The van der Waals surface area contributed by atoms with E-state index < -0.39 is 23.4 Å². The van der Waals surface area contributed by atoms with E-state index in [1.807, 2.05) is 118 Å². The van der Waals surface area contributed by atoms with E-state index in [-0.39, 0.29) is 43.3 Å². The topological polar surface area (TPSA) is 114 Å². The van der Waals surface area contributed by atoms with Gasteiger partial charge in [0.15, 0.2) is 0 Å². The number of hydrogen-bond donors (Lipinski definition) is 3.